The van der Waals surface area contributed by atoms with E-state index < -0.39 is 12.0 Å². The third-order valence-electron chi connectivity index (χ3n) is 2.92. The first-order chi connectivity index (χ1) is 9.11. The standard InChI is InChI=1S/C12H15NO5S/c1-17-9-5-10(19-7-9)12(16)13-2-3-18-6-8(13)4-11(14)15/h5,7-8H,2-4,6H2,1H3,(H,14,15). The number of rotatable bonds is 4. The summed E-state index contributed by atoms with van der Waals surface area (Å²) < 4.78 is 10.3. The maximum absolute atomic E-state index is 12.4. The van der Waals surface area contributed by atoms with E-state index >= 15 is 0 Å². The van der Waals surface area contributed by atoms with Gasteiger partial charge in [-0.25, -0.2) is 0 Å². The van der Waals surface area contributed by atoms with Gasteiger partial charge in [-0.2, -0.15) is 0 Å². The molecule has 1 saturated heterocycles. The molecule has 2 rings (SSSR count). The Balaban J connectivity index is 2.12. The van der Waals surface area contributed by atoms with Crippen LogP contribution in [0.5, 0.6) is 5.75 Å². The topological polar surface area (TPSA) is 76.1 Å². The molecule has 0 bridgehead atoms. The lowest BCUT2D eigenvalue weighted by molar-refractivity contribution is -0.139. The highest BCUT2D eigenvalue weighted by Crippen LogP contribution is 2.24. The zero-order valence-electron chi connectivity index (χ0n) is 10.5. The number of morpholine rings is 1. The van der Waals surface area contributed by atoms with Crippen LogP contribution in [0.15, 0.2) is 11.4 Å². The van der Waals surface area contributed by atoms with E-state index in [2.05, 4.69) is 0 Å². The second kappa shape index (κ2) is 6.03. The van der Waals surface area contributed by atoms with Crippen molar-refractivity contribution in [2.45, 2.75) is 12.5 Å². The molecule has 6 nitrogen and oxygen atoms in total. The first-order valence-electron chi connectivity index (χ1n) is 5.85. The molecule has 1 aliphatic rings. The van der Waals surface area contributed by atoms with Crippen molar-refractivity contribution in [2.24, 2.45) is 0 Å². The highest BCUT2D eigenvalue weighted by atomic mass is 32.1. The molecule has 1 atom stereocenters. The summed E-state index contributed by atoms with van der Waals surface area (Å²) in [7, 11) is 1.54. The minimum absolute atomic E-state index is 0.103. The average Bonchev–Trinajstić information content (AvgIpc) is 2.86. The number of carbonyl (C=O) groups excluding carboxylic acids is 1. The zero-order valence-corrected chi connectivity index (χ0v) is 11.3. The van der Waals surface area contributed by atoms with Crippen LogP contribution in [-0.4, -0.2) is 54.8 Å². The Morgan fingerprint density at radius 3 is 3.05 bits per heavy atom. The van der Waals surface area contributed by atoms with Crippen LogP contribution in [0.3, 0.4) is 0 Å². The van der Waals surface area contributed by atoms with Gasteiger partial charge in [0.05, 0.1) is 37.7 Å². The van der Waals surface area contributed by atoms with Crippen molar-refractivity contribution in [3.05, 3.63) is 16.3 Å². The van der Waals surface area contributed by atoms with Crippen LogP contribution in [0.1, 0.15) is 16.1 Å². The molecule has 19 heavy (non-hydrogen) atoms. The molecule has 0 radical (unpaired) electrons. The summed E-state index contributed by atoms with van der Waals surface area (Å²) in [6.07, 6.45) is -0.103. The van der Waals surface area contributed by atoms with Gasteiger partial charge in [0.2, 0.25) is 0 Å². The van der Waals surface area contributed by atoms with Crippen molar-refractivity contribution in [1.29, 1.82) is 0 Å². The lowest BCUT2D eigenvalue weighted by Gasteiger charge is -2.34. The summed E-state index contributed by atoms with van der Waals surface area (Å²) in [6.45, 7) is 1.11. The van der Waals surface area contributed by atoms with Crippen molar-refractivity contribution in [3.8, 4) is 5.75 Å². The Morgan fingerprint density at radius 1 is 1.63 bits per heavy atom. The summed E-state index contributed by atoms with van der Waals surface area (Å²) in [5.74, 6) is -0.462. The number of hydrogen-bond acceptors (Lipinski definition) is 5. The van der Waals surface area contributed by atoms with E-state index in [-0.39, 0.29) is 18.9 Å². The molecule has 104 valence electrons. The van der Waals surface area contributed by atoms with E-state index in [1.807, 2.05) is 0 Å². The number of amides is 1. The molecule has 0 saturated carbocycles. The maximum Gasteiger partial charge on any atom is 0.305 e. The zero-order chi connectivity index (χ0) is 13.8. The molecule has 1 unspecified atom stereocenters. The lowest BCUT2D eigenvalue weighted by Crippen LogP contribution is -2.49. The number of ether oxygens (including phenoxy) is 2. The van der Waals surface area contributed by atoms with Gasteiger partial charge in [-0.3, -0.25) is 9.59 Å². The van der Waals surface area contributed by atoms with Gasteiger partial charge in [0.15, 0.2) is 0 Å². The number of hydrogen-bond donors (Lipinski definition) is 1. The fourth-order valence-corrected chi connectivity index (χ4v) is 2.78. The van der Waals surface area contributed by atoms with E-state index in [0.29, 0.717) is 23.8 Å². The van der Waals surface area contributed by atoms with Crippen molar-refractivity contribution in [2.75, 3.05) is 26.9 Å². The predicted molar refractivity (Wildman–Crippen MR) is 68.8 cm³/mol. The van der Waals surface area contributed by atoms with Crippen LogP contribution >= 0.6 is 11.3 Å². The molecule has 1 aromatic heterocycles. The van der Waals surface area contributed by atoms with E-state index in [1.54, 1.807) is 16.3 Å². The fraction of sp³-hybridized carbons (Fsp3) is 0.500. The maximum atomic E-state index is 12.4. The Bertz CT molecular complexity index is 472. The SMILES string of the molecule is COc1csc(C(=O)N2CCOCC2CC(=O)O)c1. The van der Waals surface area contributed by atoms with E-state index in [0.717, 1.165) is 0 Å². The summed E-state index contributed by atoms with van der Waals surface area (Å²) in [5, 5.41) is 10.6. The average molecular weight is 285 g/mol. The normalized spacial score (nSPS) is 19.2. The third kappa shape index (κ3) is 3.24. The number of nitrogens with zero attached hydrogens (tertiary/aromatic N) is 1. The molecular weight excluding hydrogens is 270 g/mol. The molecule has 1 fully saturated rings. The van der Waals surface area contributed by atoms with E-state index in [9.17, 15) is 9.59 Å². The van der Waals surface area contributed by atoms with Gasteiger partial charge in [-0.1, -0.05) is 0 Å². The molecule has 7 heteroatoms. The first kappa shape index (κ1) is 13.8. The monoisotopic (exact) mass is 285 g/mol. The molecule has 0 aliphatic carbocycles. The number of carbonyl (C=O) groups is 2. The van der Waals surface area contributed by atoms with Gasteiger partial charge in [0, 0.05) is 18.0 Å². The lowest BCUT2D eigenvalue weighted by atomic mass is 10.1. The first-order valence-corrected chi connectivity index (χ1v) is 6.73. The Morgan fingerprint density at radius 2 is 2.42 bits per heavy atom. The number of carboxylic acids is 1. The number of aliphatic carboxylic acids is 1. The summed E-state index contributed by atoms with van der Waals surface area (Å²) in [5.41, 5.74) is 0. The van der Waals surface area contributed by atoms with E-state index in [4.69, 9.17) is 14.6 Å². The second-order valence-corrected chi connectivity index (χ2v) is 5.09. The van der Waals surface area contributed by atoms with Gasteiger partial charge in [0.1, 0.15) is 5.75 Å². The molecule has 2 heterocycles. The minimum atomic E-state index is -0.933. The van der Waals surface area contributed by atoms with Gasteiger partial charge >= 0.3 is 5.97 Å². The molecule has 1 N–H and O–H groups in total. The molecule has 1 amide bonds. The minimum Gasteiger partial charge on any atom is -0.496 e. The Labute approximate surface area is 114 Å². The smallest absolute Gasteiger partial charge is 0.305 e. The Kier molecular flexibility index (Phi) is 4.39. The van der Waals surface area contributed by atoms with Crippen molar-refractivity contribution >= 4 is 23.2 Å². The van der Waals surface area contributed by atoms with Crippen LogP contribution < -0.4 is 4.74 Å². The van der Waals surface area contributed by atoms with Crippen LogP contribution in [-0.2, 0) is 9.53 Å². The molecule has 1 aromatic rings. The van der Waals surface area contributed by atoms with Crippen LogP contribution in [0.25, 0.3) is 0 Å². The summed E-state index contributed by atoms with van der Waals surface area (Å²) in [4.78, 5) is 25.3. The predicted octanol–water partition coefficient (Wildman–Crippen LogP) is 1.07. The third-order valence-corrected chi connectivity index (χ3v) is 3.82. The fourth-order valence-electron chi connectivity index (χ4n) is 1.97. The van der Waals surface area contributed by atoms with Crippen molar-refractivity contribution in [3.63, 3.8) is 0 Å². The van der Waals surface area contributed by atoms with Gasteiger partial charge in [0.25, 0.3) is 5.91 Å². The summed E-state index contributed by atoms with van der Waals surface area (Å²) >= 11 is 1.29. The van der Waals surface area contributed by atoms with Crippen LogP contribution in [0.4, 0.5) is 0 Å². The van der Waals surface area contributed by atoms with Crippen LogP contribution in [0.2, 0.25) is 0 Å². The van der Waals surface area contributed by atoms with Gasteiger partial charge in [-0.05, 0) is 0 Å². The van der Waals surface area contributed by atoms with Crippen molar-refractivity contribution in [1.82, 2.24) is 4.90 Å². The largest absolute Gasteiger partial charge is 0.496 e. The number of thiophene rings is 1. The molecule has 0 aromatic carbocycles. The summed E-state index contributed by atoms with van der Waals surface area (Å²) in [6, 6.07) is 1.26. The van der Waals surface area contributed by atoms with Crippen molar-refractivity contribution < 1.29 is 24.2 Å². The highest BCUT2D eigenvalue weighted by Gasteiger charge is 2.30. The molecule has 0 spiro atoms. The number of carboxylic acid groups (broad SMARTS) is 1. The van der Waals surface area contributed by atoms with E-state index in [1.165, 1.54) is 18.4 Å². The van der Waals surface area contributed by atoms with Crippen LogP contribution in [0, 0.1) is 0 Å². The highest BCUT2D eigenvalue weighted by molar-refractivity contribution is 7.12. The molecule has 1 aliphatic heterocycles. The Hall–Kier alpha value is -1.60. The van der Waals surface area contributed by atoms with Gasteiger partial charge in [-0.15, -0.1) is 11.3 Å². The quantitative estimate of drug-likeness (QED) is 0.895. The number of methoxy groups -OCH3 is 1. The second-order valence-electron chi connectivity index (χ2n) is 4.18. The van der Waals surface area contributed by atoms with Gasteiger partial charge < -0.3 is 19.5 Å². The molecular formula is C12H15NO5S.